The first-order valence-electron chi connectivity index (χ1n) is 9.17. The van der Waals surface area contributed by atoms with Gasteiger partial charge in [0.2, 0.25) is 0 Å². The SMILES string of the molecule is CCNC(=NCc1nc(C(F)(F)F)cs1)NCC1CCOC1c1ccccc1.I. The van der Waals surface area contributed by atoms with Gasteiger partial charge >= 0.3 is 6.18 Å². The third kappa shape index (κ3) is 6.82. The zero-order valence-corrected chi connectivity index (χ0v) is 19.1. The fraction of sp³-hybridized carbons (Fsp3) is 0.474. The zero-order valence-electron chi connectivity index (χ0n) is 15.9. The maximum atomic E-state index is 12.7. The summed E-state index contributed by atoms with van der Waals surface area (Å²) in [6, 6.07) is 10.1. The molecular weight excluding hydrogens is 516 g/mol. The van der Waals surface area contributed by atoms with Crippen molar-refractivity contribution in [3.8, 4) is 0 Å². The lowest BCUT2D eigenvalue weighted by molar-refractivity contribution is -0.140. The Morgan fingerprint density at radius 1 is 1.28 bits per heavy atom. The lowest BCUT2D eigenvalue weighted by Crippen LogP contribution is -2.40. The Labute approximate surface area is 189 Å². The summed E-state index contributed by atoms with van der Waals surface area (Å²) in [5.74, 6) is 0.855. The van der Waals surface area contributed by atoms with Crippen LogP contribution < -0.4 is 10.6 Å². The second-order valence-electron chi connectivity index (χ2n) is 6.45. The molecule has 1 fully saturated rings. The number of nitrogens with zero attached hydrogens (tertiary/aromatic N) is 2. The number of hydrogen-bond acceptors (Lipinski definition) is 4. The predicted molar refractivity (Wildman–Crippen MR) is 119 cm³/mol. The molecule has 1 saturated heterocycles. The topological polar surface area (TPSA) is 58.5 Å². The number of benzene rings is 1. The third-order valence-corrected chi connectivity index (χ3v) is 5.27. The summed E-state index contributed by atoms with van der Waals surface area (Å²) in [5.41, 5.74) is 0.283. The standard InChI is InChI=1S/C19H23F3N4OS.HI/c1-2-23-18(25-11-16-26-15(12-28-16)19(20,21)22)24-10-14-8-9-27-17(14)13-6-4-3-5-7-13;/h3-7,12,14,17H,2,8-11H2,1H3,(H2,23,24,25);1H. The number of guanidine groups is 1. The van der Waals surface area contributed by atoms with E-state index in [9.17, 15) is 13.2 Å². The Morgan fingerprint density at radius 3 is 2.69 bits per heavy atom. The first-order valence-corrected chi connectivity index (χ1v) is 10.1. The molecular formula is C19H24F3IN4OS. The molecule has 1 aromatic carbocycles. The van der Waals surface area contributed by atoms with Gasteiger partial charge in [0, 0.05) is 31.0 Å². The molecule has 1 aliphatic rings. The van der Waals surface area contributed by atoms with Crippen LogP contribution in [0.5, 0.6) is 0 Å². The van der Waals surface area contributed by atoms with E-state index in [1.165, 1.54) is 0 Å². The molecule has 2 atom stereocenters. The van der Waals surface area contributed by atoms with Crippen LogP contribution in [0.15, 0.2) is 40.7 Å². The van der Waals surface area contributed by atoms with Gasteiger partial charge in [0.05, 0.1) is 12.6 Å². The van der Waals surface area contributed by atoms with Gasteiger partial charge in [-0.15, -0.1) is 35.3 Å². The molecule has 2 N–H and O–H groups in total. The number of ether oxygens (including phenoxy) is 1. The van der Waals surface area contributed by atoms with Gasteiger partial charge in [-0.05, 0) is 18.9 Å². The van der Waals surface area contributed by atoms with Gasteiger partial charge in [0.25, 0.3) is 0 Å². The quantitative estimate of drug-likeness (QED) is 0.319. The molecule has 3 rings (SSSR count). The van der Waals surface area contributed by atoms with Gasteiger partial charge in [-0.3, -0.25) is 0 Å². The van der Waals surface area contributed by atoms with E-state index in [0.29, 0.717) is 36.6 Å². The molecule has 1 aromatic heterocycles. The molecule has 0 saturated carbocycles. The zero-order chi connectivity index (χ0) is 20.0. The molecule has 0 bridgehead atoms. The van der Waals surface area contributed by atoms with Crippen molar-refractivity contribution in [3.05, 3.63) is 52.0 Å². The molecule has 10 heteroatoms. The van der Waals surface area contributed by atoms with Crippen molar-refractivity contribution in [1.29, 1.82) is 0 Å². The summed E-state index contributed by atoms with van der Waals surface area (Å²) in [4.78, 5) is 7.99. The Morgan fingerprint density at radius 2 is 2.03 bits per heavy atom. The number of nitrogens with one attached hydrogen (secondary N) is 2. The fourth-order valence-electron chi connectivity index (χ4n) is 3.08. The maximum Gasteiger partial charge on any atom is 0.434 e. The lowest BCUT2D eigenvalue weighted by atomic mass is 9.95. The molecule has 160 valence electrons. The first kappa shape index (κ1) is 23.9. The summed E-state index contributed by atoms with van der Waals surface area (Å²) in [6.07, 6.45) is -3.45. The minimum absolute atomic E-state index is 0. The monoisotopic (exact) mass is 540 g/mol. The van der Waals surface area contributed by atoms with Crippen LogP contribution in [0.1, 0.15) is 35.7 Å². The molecule has 0 spiro atoms. The van der Waals surface area contributed by atoms with Gasteiger partial charge in [-0.1, -0.05) is 30.3 Å². The second-order valence-corrected chi connectivity index (χ2v) is 7.39. The van der Waals surface area contributed by atoms with Crippen LogP contribution in [0.4, 0.5) is 13.2 Å². The molecule has 2 heterocycles. The number of rotatable bonds is 6. The van der Waals surface area contributed by atoms with Crippen LogP contribution in [0, 0.1) is 5.92 Å². The van der Waals surface area contributed by atoms with E-state index in [0.717, 1.165) is 28.7 Å². The van der Waals surface area contributed by atoms with Crippen LogP contribution in [0.3, 0.4) is 0 Å². The Bertz CT molecular complexity index is 785. The lowest BCUT2D eigenvalue weighted by Gasteiger charge is -2.20. The highest BCUT2D eigenvalue weighted by molar-refractivity contribution is 14.0. The highest BCUT2D eigenvalue weighted by atomic mass is 127. The molecule has 0 amide bonds. The van der Waals surface area contributed by atoms with Crippen LogP contribution in [0.25, 0.3) is 0 Å². The van der Waals surface area contributed by atoms with Crippen molar-refractivity contribution in [2.24, 2.45) is 10.9 Å². The van der Waals surface area contributed by atoms with Gasteiger partial charge in [-0.2, -0.15) is 13.2 Å². The van der Waals surface area contributed by atoms with E-state index in [-0.39, 0.29) is 36.6 Å². The average Bonchev–Trinajstić information content (AvgIpc) is 3.34. The summed E-state index contributed by atoms with van der Waals surface area (Å²) in [5, 5.41) is 7.75. The third-order valence-electron chi connectivity index (χ3n) is 4.43. The second kappa shape index (κ2) is 11.1. The van der Waals surface area contributed by atoms with Crippen LogP contribution >= 0.6 is 35.3 Å². The van der Waals surface area contributed by atoms with Crippen molar-refractivity contribution >= 4 is 41.3 Å². The largest absolute Gasteiger partial charge is 0.434 e. The molecule has 29 heavy (non-hydrogen) atoms. The highest BCUT2D eigenvalue weighted by Gasteiger charge is 2.33. The van der Waals surface area contributed by atoms with Crippen molar-refractivity contribution in [2.45, 2.75) is 32.2 Å². The van der Waals surface area contributed by atoms with Crippen molar-refractivity contribution < 1.29 is 17.9 Å². The van der Waals surface area contributed by atoms with Crippen molar-refractivity contribution in [2.75, 3.05) is 19.7 Å². The molecule has 5 nitrogen and oxygen atoms in total. The van der Waals surface area contributed by atoms with E-state index >= 15 is 0 Å². The van der Waals surface area contributed by atoms with E-state index in [2.05, 4.69) is 32.7 Å². The molecule has 0 aliphatic carbocycles. The summed E-state index contributed by atoms with van der Waals surface area (Å²) in [6.45, 7) is 4.06. The minimum atomic E-state index is -4.42. The number of alkyl halides is 3. The van der Waals surface area contributed by atoms with Gasteiger partial charge in [-0.25, -0.2) is 9.98 Å². The van der Waals surface area contributed by atoms with Crippen LogP contribution in [-0.2, 0) is 17.5 Å². The van der Waals surface area contributed by atoms with Gasteiger partial charge in [0.1, 0.15) is 5.01 Å². The first-order chi connectivity index (χ1) is 13.5. The Kier molecular flexibility index (Phi) is 9.15. The van der Waals surface area contributed by atoms with E-state index in [1.807, 2.05) is 25.1 Å². The predicted octanol–water partition coefficient (Wildman–Crippen LogP) is 4.61. The fourth-order valence-corrected chi connectivity index (χ4v) is 3.81. The van der Waals surface area contributed by atoms with E-state index in [1.54, 1.807) is 0 Å². The minimum Gasteiger partial charge on any atom is -0.373 e. The highest BCUT2D eigenvalue weighted by Crippen LogP contribution is 2.34. The Hall–Kier alpha value is -1.40. The van der Waals surface area contributed by atoms with Crippen molar-refractivity contribution in [3.63, 3.8) is 0 Å². The summed E-state index contributed by atoms with van der Waals surface area (Å²) >= 11 is 0.964. The molecule has 2 aromatic rings. The number of halogens is 4. The average molecular weight is 540 g/mol. The Balaban J connectivity index is 0.00000300. The van der Waals surface area contributed by atoms with Crippen LogP contribution in [-0.4, -0.2) is 30.6 Å². The number of hydrogen-bond donors (Lipinski definition) is 2. The van der Waals surface area contributed by atoms with Gasteiger partial charge in [0.15, 0.2) is 11.7 Å². The summed E-state index contributed by atoms with van der Waals surface area (Å²) in [7, 11) is 0. The summed E-state index contributed by atoms with van der Waals surface area (Å²) < 4.78 is 43.9. The van der Waals surface area contributed by atoms with Crippen molar-refractivity contribution in [1.82, 2.24) is 15.6 Å². The van der Waals surface area contributed by atoms with E-state index in [4.69, 9.17) is 4.74 Å². The molecule has 2 unspecified atom stereocenters. The maximum absolute atomic E-state index is 12.7. The number of thiazole rings is 1. The van der Waals surface area contributed by atoms with Gasteiger partial charge < -0.3 is 15.4 Å². The smallest absolute Gasteiger partial charge is 0.373 e. The number of aliphatic imine (C=N–C) groups is 1. The van der Waals surface area contributed by atoms with Crippen LogP contribution in [0.2, 0.25) is 0 Å². The normalized spacial score (nSPS) is 19.7. The molecule has 0 radical (unpaired) electrons. The van der Waals surface area contributed by atoms with E-state index < -0.39 is 11.9 Å². The number of aromatic nitrogens is 1. The molecule has 1 aliphatic heterocycles.